The highest BCUT2D eigenvalue weighted by Crippen LogP contribution is 2.40. The number of carbonyl (C=O) groups excluding carboxylic acids is 1. The lowest BCUT2D eigenvalue weighted by Crippen LogP contribution is -1.95. The highest BCUT2D eigenvalue weighted by Gasteiger charge is 2.27. The summed E-state index contributed by atoms with van der Waals surface area (Å²) in [4.78, 5) is 15.0. The van der Waals surface area contributed by atoms with Gasteiger partial charge in [0.15, 0.2) is 6.29 Å². The molecule has 1 heterocycles. The largest absolute Gasteiger partial charge is 0.298 e. The van der Waals surface area contributed by atoms with Crippen molar-refractivity contribution in [2.75, 3.05) is 0 Å². The maximum atomic E-state index is 10.7. The first-order chi connectivity index (χ1) is 5.81. The summed E-state index contributed by atoms with van der Waals surface area (Å²) in [5.41, 5.74) is 2.83. The van der Waals surface area contributed by atoms with Gasteiger partial charge >= 0.3 is 0 Å². The van der Waals surface area contributed by atoms with Crippen molar-refractivity contribution in [1.82, 2.24) is 4.98 Å². The van der Waals surface area contributed by atoms with Crippen LogP contribution in [-0.2, 0) is 0 Å². The second-order valence-electron chi connectivity index (χ2n) is 3.38. The van der Waals surface area contributed by atoms with Crippen LogP contribution < -0.4 is 0 Å². The molecule has 1 aromatic heterocycles. The molecule has 0 radical (unpaired) electrons. The van der Waals surface area contributed by atoms with Crippen molar-refractivity contribution in [2.24, 2.45) is 0 Å². The SMILES string of the molecule is Cc1cnc(C2CC2)c(C=O)c1. The van der Waals surface area contributed by atoms with E-state index >= 15 is 0 Å². The van der Waals surface area contributed by atoms with Crippen LogP contribution in [0.2, 0.25) is 0 Å². The van der Waals surface area contributed by atoms with Crippen molar-refractivity contribution in [3.8, 4) is 0 Å². The zero-order chi connectivity index (χ0) is 8.55. The molecule has 0 bridgehead atoms. The summed E-state index contributed by atoms with van der Waals surface area (Å²) in [7, 11) is 0. The third kappa shape index (κ3) is 1.24. The van der Waals surface area contributed by atoms with Gasteiger partial charge in [-0.1, -0.05) is 0 Å². The maximum Gasteiger partial charge on any atom is 0.151 e. The topological polar surface area (TPSA) is 30.0 Å². The smallest absolute Gasteiger partial charge is 0.151 e. The predicted molar refractivity (Wildman–Crippen MR) is 46.3 cm³/mol. The molecule has 1 aliphatic carbocycles. The number of hydrogen-bond donors (Lipinski definition) is 0. The van der Waals surface area contributed by atoms with Crippen LogP contribution in [0.4, 0.5) is 0 Å². The molecule has 2 rings (SSSR count). The number of aryl methyl sites for hydroxylation is 1. The van der Waals surface area contributed by atoms with E-state index < -0.39 is 0 Å². The number of aromatic nitrogens is 1. The van der Waals surface area contributed by atoms with Gasteiger partial charge in [-0.2, -0.15) is 0 Å². The number of hydrogen-bond acceptors (Lipinski definition) is 2. The van der Waals surface area contributed by atoms with Crippen molar-refractivity contribution in [3.63, 3.8) is 0 Å². The Labute approximate surface area is 71.6 Å². The first-order valence-electron chi connectivity index (χ1n) is 4.23. The Morgan fingerprint density at radius 1 is 1.58 bits per heavy atom. The van der Waals surface area contributed by atoms with Crippen LogP contribution in [0.25, 0.3) is 0 Å². The van der Waals surface area contributed by atoms with E-state index in [1.165, 1.54) is 12.8 Å². The molecule has 0 spiro atoms. The number of carbonyl (C=O) groups is 1. The molecule has 0 saturated heterocycles. The van der Waals surface area contributed by atoms with E-state index in [1.54, 1.807) is 0 Å². The lowest BCUT2D eigenvalue weighted by atomic mass is 10.1. The number of nitrogens with zero attached hydrogens (tertiary/aromatic N) is 1. The molecule has 1 aromatic rings. The Morgan fingerprint density at radius 2 is 2.33 bits per heavy atom. The summed E-state index contributed by atoms with van der Waals surface area (Å²) in [6, 6.07) is 1.91. The fourth-order valence-electron chi connectivity index (χ4n) is 1.39. The fourth-order valence-corrected chi connectivity index (χ4v) is 1.39. The average molecular weight is 161 g/mol. The van der Waals surface area contributed by atoms with Crippen LogP contribution in [0.5, 0.6) is 0 Å². The molecule has 0 amide bonds. The van der Waals surface area contributed by atoms with E-state index in [2.05, 4.69) is 4.98 Å². The van der Waals surface area contributed by atoms with Gasteiger partial charge in [0, 0.05) is 17.7 Å². The van der Waals surface area contributed by atoms with E-state index in [1.807, 2.05) is 19.2 Å². The van der Waals surface area contributed by atoms with E-state index in [4.69, 9.17) is 0 Å². The monoisotopic (exact) mass is 161 g/mol. The molecule has 1 fully saturated rings. The normalized spacial score (nSPS) is 16.1. The summed E-state index contributed by atoms with van der Waals surface area (Å²) in [6.45, 7) is 1.96. The zero-order valence-corrected chi connectivity index (χ0v) is 7.08. The number of pyridine rings is 1. The predicted octanol–water partition coefficient (Wildman–Crippen LogP) is 2.08. The third-order valence-corrected chi connectivity index (χ3v) is 2.18. The van der Waals surface area contributed by atoms with Gasteiger partial charge in [-0.25, -0.2) is 0 Å². The Balaban J connectivity index is 2.44. The molecule has 2 heteroatoms. The van der Waals surface area contributed by atoms with Gasteiger partial charge in [0.1, 0.15) is 0 Å². The Hall–Kier alpha value is -1.18. The molecule has 0 N–H and O–H groups in total. The van der Waals surface area contributed by atoms with Crippen LogP contribution in [-0.4, -0.2) is 11.3 Å². The van der Waals surface area contributed by atoms with Crippen LogP contribution in [0.3, 0.4) is 0 Å². The van der Waals surface area contributed by atoms with Gasteiger partial charge in [-0.05, 0) is 31.4 Å². The zero-order valence-electron chi connectivity index (χ0n) is 7.08. The van der Waals surface area contributed by atoms with Crippen LogP contribution in [0, 0.1) is 6.92 Å². The van der Waals surface area contributed by atoms with Crippen molar-refractivity contribution in [2.45, 2.75) is 25.7 Å². The first kappa shape index (κ1) is 7.47. The minimum absolute atomic E-state index is 0.561. The molecular weight excluding hydrogens is 150 g/mol. The number of aldehydes is 1. The van der Waals surface area contributed by atoms with Crippen LogP contribution in [0.1, 0.15) is 40.4 Å². The minimum atomic E-state index is 0.561. The maximum absolute atomic E-state index is 10.7. The van der Waals surface area contributed by atoms with Crippen molar-refractivity contribution in [3.05, 3.63) is 29.1 Å². The standard InChI is InChI=1S/C10H11NO/c1-7-4-9(6-12)10(11-5-7)8-2-3-8/h4-6,8H,2-3H2,1H3. The lowest BCUT2D eigenvalue weighted by Gasteiger charge is -2.01. The van der Waals surface area contributed by atoms with Crippen LogP contribution in [0.15, 0.2) is 12.3 Å². The summed E-state index contributed by atoms with van der Waals surface area (Å²) in [5.74, 6) is 0.561. The molecule has 1 aliphatic rings. The second-order valence-corrected chi connectivity index (χ2v) is 3.38. The summed E-state index contributed by atoms with van der Waals surface area (Å²) in [6.07, 6.45) is 5.13. The molecule has 1 saturated carbocycles. The summed E-state index contributed by atoms with van der Waals surface area (Å²) in [5, 5.41) is 0. The molecule has 12 heavy (non-hydrogen) atoms. The van der Waals surface area contributed by atoms with E-state index in [9.17, 15) is 4.79 Å². The van der Waals surface area contributed by atoms with Gasteiger partial charge in [-0.15, -0.1) is 0 Å². The molecule has 0 aliphatic heterocycles. The van der Waals surface area contributed by atoms with Gasteiger partial charge in [0.2, 0.25) is 0 Å². The molecule has 0 unspecified atom stereocenters. The van der Waals surface area contributed by atoms with E-state index in [0.717, 1.165) is 23.1 Å². The molecule has 0 aromatic carbocycles. The Morgan fingerprint density at radius 3 is 2.92 bits per heavy atom. The van der Waals surface area contributed by atoms with Gasteiger partial charge in [0.25, 0.3) is 0 Å². The first-order valence-corrected chi connectivity index (χ1v) is 4.23. The van der Waals surface area contributed by atoms with E-state index in [0.29, 0.717) is 5.92 Å². The second kappa shape index (κ2) is 2.70. The quantitative estimate of drug-likeness (QED) is 0.621. The Kier molecular flexibility index (Phi) is 1.68. The molecule has 2 nitrogen and oxygen atoms in total. The Bertz CT molecular complexity index is 316. The van der Waals surface area contributed by atoms with Gasteiger partial charge in [-0.3, -0.25) is 9.78 Å². The highest BCUT2D eigenvalue weighted by molar-refractivity contribution is 5.77. The third-order valence-electron chi connectivity index (χ3n) is 2.18. The van der Waals surface area contributed by atoms with Crippen molar-refractivity contribution in [1.29, 1.82) is 0 Å². The van der Waals surface area contributed by atoms with Crippen molar-refractivity contribution >= 4 is 6.29 Å². The fraction of sp³-hybridized carbons (Fsp3) is 0.400. The number of rotatable bonds is 2. The minimum Gasteiger partial charge on any atom is -0.298 e. The van der Waals surface area contributed by atoms with Gasteiger partial charge < -0.3 is 0 Å². The van der Waals surface area contributed by atoms with E-state index in [-0.39, 0.29) is 0 Å². The average Bonchev–Trinajstić information content (AvgIpc) is 2.87. The molecule has 0 atom stereocenters. The van der Waals surface area contributed by atoms with Crippen LogP contribution >= 0.6 is 0 Å². The summed E-state index contributed by atoms with van der Waals surface area (Å²) < 4.78 is 0. The molecule has 62 valence electrons. The summed E-state index contributed by atoms with van der Waals surface area (Å²) >= 11 is 0. The molecular formula is C10H11NO. The highest BCUT2D eigenvalue weighted by atomic mass is 16.1. The lowest BCUT2D eigenvalue weighted by molar-refractivity contribution is 0.112. The van der Waals surface area contributed by atoms with Gasteiger partial charge in [0.05, 0.1) is 5.69 Å². The van der Waals surface area contributed by atoms with Crippen molar-refractivity contribution < 1.29 is 4.79 Å².